The Kier molecular flexibility index (Phi) is 5.42. The highest BCUT2D eigenvalue weighted by Crippen LogP contribution is 2.16. The number of hydrogen-bond acceptors (Lipinski definition) is 4. The first kappa shape index (κ1) is 12.3. The van der Waals surface area contributed by atoms with Crippen LogP contribution in [0.5, 0.6) is 0 Å². The molecule has 1 rings (SSSR count). The van der Waals surface area contributed by atoms with Crippen LogP contribution in [0.25, 0.3) is 0 Å². The first-order valence-corrected chi connectivity index (χ1v) is 5.99. The maximum Gasteiger partial charge on any atom is 0.191 e. The van der Waals surface area contributed by atoms with E-state index in [9.17, 15) is 0 Å². The fraction of sp³-hybridized carbons (Fsp3) is 0.600. The molecule has 0 aliphatic rings. The molecule has 1 heterocycles. The smallest absolute Gasteiger partial charge is 0.191 e. The molecule has 15 heavy (non-hydrogen) atoms. The van der Waals surface area contributed by atoms with Crippen LogP contribution in [0.1, 0.15) is 12.7 Å². The largest absolute Gasteiger partial charge is 0.381 e. The Bertz CT molecular complexity index is 312. The van der Waals surface area contributed by atoms with Gasteiger partial charge in [-0.3, -0.25) is 0 Å². The monoisotopic (exact) mass is 227 g/mol. The molecule has 0 N–H and O–H groups in total. The lowest BCUT2D eigenvalue weighted by Gasteiger charge is -2.04. The second kappa shape index (κ2) is 6.63. The summed E-state index contributed by atoms with van der Waals surface area (Å²) >= 11 is 1.66. The van der Waals surface area contributed by atoms with Crippen molar-refractivity contribution in [3.8, 4) is 0 Å². The lowest BCUT2D eigenvalue weighted by Crippen LogP contribution is -2.02. The predicted molar refractivity (Wildman–Crippen MR) is 62.2 cm³/mol. The second-order valence-corrected chi connectivity index (χ2v) is 4.04. The van der Waals surface area contributed by atoms with Crippen molar-refractivity contribution in [2.24, 2.45) is 0 Å². The van der Waals surface area contributed by atoms with Crippen LogP contribution in [0.2, 0.25) is 0 Å². The maximum absolute atomic E-state index is 5.26. The number of hydrogen-bond donors (Lipinski definition) is 0. The standard InChI is InChI=1S/C10H17N3OS/c1-4-6-13-9(3)11-12-10(13)15-8-7-14-5-2/h4H,1,5-8H2,2-3H3. The molecule has 4 nitrogen and oxygen atoms in total. The van der Waals surface area contributed by atoms with Crippen molar-refractivity contribution < 1.29 is 4.74 Å². The summed E-state index contributed by atoms with van der Waals surface area (Å²) < 4.78 is 7.31. The van der Waals surface area contributed by atoms with Gasteiger partial charge in [0.1, 0.15) is 5.82 Å². The van der Waals surface area contributed by atoms with E-state index in [1.54, 1.807) is 11.8 Å². The van der Waals surface area contributed by atoms with E-state index in [1.807, 2.05) is 24.5 Å². The number of rotatable bonds is 7. The maximum atomic E-state index is 5.26. The van der Waals surface area contributed by atoms with E-state index in [-0.39, 0.29) is 0 Å². The molecule has 0 aliphatic heterocycles. The SMILES string of the molecule is C=CCn1c(C)nnc1SCCOCC. The molecule has 0 saturated carbocycles. The minimum atomic E-state index is 0.751. The van der Waals surface area contributed by atoms with Gasteiger partial charge in [0.15, 0.2) is 5.16 Å². The van der Waals surface area contributed by atoms with E-state index in [2.05, 4.69) is 16.8 Å². The molecule has 0 aromatic carbocycles. The Labute approximate surface area is 94.7 Å². The molecule has 1 aromatic rings. The molecule has 0 radical (unpaired) electrons. The molecule has 0 aliphatic carbocycles. The number of allylic oxidation sites excluding steroid dienone is 1. The first-order chi connectivity index (χ1) is 7.29. The third-order valence-corrected chi connectivity index (χ3v) is 2.81. The molecular weight excluding hydrogens is 210 g/mol. The van der Waals surface area contributed by atoms with Gasteiger partial charge in [-0.25, -0.2) is 0 Å². The van der Waals surface area contributed by atoms with Crippen molar-refractivity contribution in [2.75, 3.05) is 19.0 Å². The van der Waals surface area contributed by atoms with Gasteiger partial charge in [0.2, 0.25) is 0 Å². The number of ether oxygens (including phenoxy) is 1. The minimum absolute atomic E-state index is 0.751. The van der Waals surface area contributed by atoms with Crippen LogP contribution >= 0.6 is 11.8 Å². The molecule has 5 heteroatoms. The van der Waals surface area contributed by atoms with Crippen LogP contribution in [-0.4, -0.2) is 33.7 Å². The van der Waals surface area contributed by atoms with E-state index in [0.717, 1.165) is 36.5 Å². The van der Waals surface area contributed by atoms with Crippen molar-refractivity contribution >= 4 is 11.8 Å². The zero-order chi connectivity index (χ0) is 11.1. The van der Waals surface area contributed by atoms with Gasteiger partial charge < -0.3 is 9.30 Å². The quantitative estimate of drug-likeness (QED) is 0.405. The highest BCUT2D eigenvalue weighted by molar-refractivity contribution is 7.99. The van der Waals surface area contributed by atoms with Crippen LogP contribution in [-0.2, 0) is 11.3 Å². The molecular formula is C10H17N3OS. The highest BCUT2D eigenvalue weighted by Gasteiger charge is 2.07. The zero-order valence-electron chi connectivity index (χ0n) is 9.27. The van der Waals surface area contributed by atoms with Gasteiger partial charge in [-0.05, 0) is 13.8 Å². The summed E-state index contributed by atoms with van der Waals surface area (Å²) in [6, 6.07) is 0. The van der Waals surface area contributed by atoms with Crippen LogP contribution in [0.15, 0.2) is 17.8 Å². The second-order valence-electron chi connectivity index (χ2n) is 2.97. The third kappa shape index (κ3) is 3.68. The van der Waals surface area contributed by atoms with Crippen molar-refractivity contribution in [2.45, 2.75) is 25.5 Å². The molecule has 0 spiro atoms. The summed E-state index contributed by atoms with van der Waals surface area (Å²) in [7, 11) is 0. The van der Waals surface area contributed by atoms with Crippen molar-refractivity contribution in [1.29, 1.82) is 0 Å². The summed E-state index contributed by atoms with van der Waals surface area (Å²) in [4.78, 5) is 0. The average Bonchev–Trinajstić information content (AvgIpc) is 2.57. The summed E-state index contributed by atoms with van der Waals surface area (Å²) in [5, 5.41) is 9.08. The summed E-state index contributed by atoms with van der Waals surface area (Å²) in [5.74, 6) is 1.83. The number of aryl methyl sites for hydroxylation is 1. The van der Waals surface area contributed by atoms with Crippen molar-refractivity contribution in [3.05, 3.63) is 18.5 Å². The van der Waals surface area contributed by atoms with Gasteiger partial charge in [0.05, 0.1) is 6.61 Å². The van der Waals surface area contributed by atoms with Gasteiger partial charge in [-0.2, -0.15) is 0 Å². The Hall–Kier alpha value is -0.810. The number of nitrogens with zero attached hydrogens (tertiary/aromatic N) is 3. The third-order valence-electron chi connectivity index (χ3n) is 1.88. The summed E-state index contributed by atoms with van der Waals surface area (Å²) in [6.07, 6.45) is 1.85. The first-order valence-electron chi connectivity index (χ1n) is 5.00. The fourth-order valence-corrected chi connectivity index (χ4v) is 1.99. The normalized spacial score (nSPS) is 10.5. The van der Waals surface area contributed by atoms with Gasteiger partial charge in [-0.15, -0.1) is 16.8 Å². The summed E-state index contributed by atoms with van der Waals surface area (Å²) in [5.41, 5.74) is 0. The lowest BCUT2D eigenvalue weighted by molar-refractivity contribution is 0.164. The van der Waals surface area contributed by atoms with Gasteiger partial charge in [-0.1, -0.05) is 17.8 Å². The Morgan fingerprint density at radius 3 is 3.00 bits per heavy atom. The fourth-order valence-electron chi connectivity index (χ4n) is 1.14. The minimum Gasteiger partial charge on any atom is -0.381 e. The molecule has 0 fully saturated rings. The van der Waals surface area contributed by atoms with E-state index in [1.165, 1.54) is 0 Å². The van der Waals surface area contributed by atoms with Crippen molar-refractivity contribution in [3.63, 3.8) is 0 Å². The molecule has 0 atom stereocenters. The van der Waals surface area contributed by atoms with Crippen LogP contribution in [0, 0.1) is 6.92 Å². The molecule has 1 aromatic heterocycles. The van der Waals surface area contributed by atoms with E-state index < -0.39 is 0 Å². The molecule has 84 valence electrons. The number of aromatic nitrogens is 3. The average molecular weight is 227 g/mol. The van der Waals surface area contributed by atoms with Gasteiger partial charge >= 0.3 is 0 Å². The Balaban J connectivity index is 2.48. The Morgan fingerprint density at radius 2 is 2.33 bits per heavy atom. The van der Waals surface area contributed by atoms with E-state index in [4.69, 9.17) is 4.74 Å². The number of thioether (sulfide) groups is 1. The topological polar surface area (TPSA) is 39.9 Å². The van der Waals surface area contributed by atoms with E-state index in [0.29, 0.717) is 0 Å². The van der Waals surface area contributed by atoms with Gasteiger partial charge in [0.25, 0.3) is 0 Å². The molecule has 0 unspecified atom stereocenters. The van der Waals surface area contributed by atoms with E-state index >= 15 is 0 Å². The van der Waals surface area contributed by atoms with Gasteiger partial charge in [0, 0.05) is 18.9 Å². The lowest BCUT2D eigenvalue weighted by atomic mass is 10.6. The predicted octanol–water partition coefficient (Wildman–Crippen LogP) is 1.90. The molecule has 0 saturated heterocycles. The zero-order valence-corrected chi connectivity index (χ0v) is 10.1. The van der Waals surface area contributed by atoms with Crippen LogP contribution < -0.4 is 0 Å². The summed E-state index contributed by atoms with van der Waals surface area (Å²) in [6.45, 7) is 9.93. The van der Waals surface area contributed by atoms with Crippen molar-refractivity contribution in [1.82, 2.24) is 14.8 Å². The Morgan fingerprint density at radius 1 is 1.53 bits per heavy atom. The molecule has 0 bridgehead atoms. The molecule has 0 amide bonds. The van der Waals surface area contributed by atoms with Crippen LogP contribution in [0.4, 0.5) is 0 Å². The highest BCUT2D eigenvalue weighted by atomic mass is 32.2. The van der Waals surface area contributed by atoms with Crippen LogP contribution in [0.3, 0.4) is 0 Å².